The topological polar surface area (TPSA) is 87.5 Å². The van der Waals surface area contributed by atoms with E-state index in [1.165, 1.54) is 6.07 Å². The van der Waals surface area contributed by atoms with E-state index in [4.69, 9.17) is 15.0 Å². The lowest BCUT2D eigenvalue weighted by molar-refractivity contribution is -0.134. The Balaban J connectivity index is 0.000000364. The summed E-state index contributed by atoms with van der Waals surface area (Å²) in [6.45, 7) is 2.75. The lowest BCUT2D eigenvalue weighted by atomic mass is 10.2. The summed E-state index contributed by atoms with van der Waals surface area (Å²) in [4.78, 5) is 23.2. The monoisotopic (exact) mass is 197 g/mol. The van der Waals surface area contributed by atoms with Crippen molar-refractivity contribution in [3.8, 4) is 0 Å². The fourth-order valence-corrected chi connectivity index (χ4v) is 0.710. The number of aromatic carboxylic acids is 1. The average molecular weight is 197 g/mol. The van der Waals surface area contributed by atoms with E-state index in [2.05, 4.69) is 4.98 Å². The summed E-state index contributed by atoms with van der Waals surface area (Å²) in [5, 5.41) is 15.9. The summed E-state index contributed by atoms with van der Waals surface area (Å²) >= 11 is 0. The Morgan fingerprint density at radius 2 is 1.86 bits per heavy atom. The van der Waals surface area contributed by atoms with Crippen LogP contribution in [0.15, 0.2) is 18.3 Å². The normalized spacial score (nSPS) is 8.43. The van der Waals surface area contributed by atoms with Gasteiger partial charge in [0.2, 0.25) is 0 Å². The van der Waals surface area contributed by atoms with Crippen LogP contribution in [0.5, 0.6) is 0 Å². The summed E-state index contributed by atoms with van der Waals surface area (Å²) in [6.07, 6.45) is 1.57. The van der Waals surface area contributed by atoms with Gasteiger partial charge in [-0.15, -0.1) is 0 Å². The molecular weight excluding hydrogens is 186 g/mol. The standard InChI is InChI=1S/C7H7NO2.C2H4O2/c1-5-6(7(9)10)3-2-4-8-5;1-2(3)4/h2-4H,1H3,(H,9,10);1H3,(H,3,4). The summed E-state index contributed by atoms with van der Waals surface area (Å²) in [5.41, 5.74) is 0.817. The van der Waals surface area contributed by atoms with Crippen LogP contribution in [-0.4, -0.2) is 27.1 Å². The first kappa shape index (κ1) is 12.1. The van der Waals surface area contributed by atoms with Gasteiger partial charge in [-0.3, -0.25) is 9.78 Å². The zero-order valence-electron chi connectivity index (χ0n) is 7.89. The number of pyridine rings is 1. The van der Waals surface area contributed by atoms with Gasteiger partial charge in [0.1, 0.15) is 0 Å². The minimum Gasteiger partial charge on any atom is -0.481 e. The third kappa shape index (κ3) is 4.87. The molecule has 0 aromatic carbocycles. The van der Waals surface area contributed by atoms with Gasteiger partial charge >= 0.3 is 5.97 Å². The molecule has 0 atom stereocenters. The van der Waals surface area contributed by atoms with Crippen LogP contribution in [0.1, 0.15) is 23.0 Å². The van der Waals surface area contributed by atoms with Crippen LogP contribution >= 0.6 is 0 Å². The highest BCUT2D eigenvalue weighted by molar-refractivity contribution is 5.88. The Bertz CT molecular complexity index is 331. The predicted octanol–water partition coefficient (Wildman–Crippen LogP) is 1.18. The van der Waals surface area contributed by atoms with Crippen LogP contribution in [0.3, 0.4) is 0 Å². The van der Waals surface area contributed by atoms with Crippen LogP contribution in [0.4, 0.5) is 0 Å². The van der Waals surface area contributed by atoms with Crippen molar-refractivity contribution < 1.29 is 19.8 Å². The molecular formula is C9H11NO4. The van der Waals surface area contributed by atoms with Crippen molar-refractivity contribution in [2.45, 2.75) is 13.8 Å². The van der Waals surface area contributed by atoms with E-state index in [0.717, 1.165) is 6.92 Å². The van der Waals surface area contributed by atoms with Gasteiger partial charge < -0.3 is 10.2 Å². The maximum Gasteiger partial charge on any atom is 0.337 e. The minimum atomic E-state index is -0.925. The van der Waals surface area contributed by atoms with Gasteiger partial charge in [-0.25, -0.2) is 4.79 Å². The molecule has 0 amide bonds. The highest BCUT2D eigenvalue weighted by atomic mass is 16.4. The van der Waals surface area contributed by atoms with Crippen LogP contribution in [-0.2, 0) is 4.79 Å². The largest absolute Gasteiger partial charge is 0.481 e. The van der Waals surface area contributed by atoms with Gasteiger partial charge in [-0.05, 0) is 19.1 Å². The van der Waals surface area contributed by atoms with E-state index in [9.17, 15) is 4.79 Å². The van der Waals surface area contributed by atoms with E-state index in [0.29, 0.717) is 5.69 Å². The molecule has 1 aromatic rings. The van der Waals surface area contributed by atoms with Gasteiger partial charge in [0, 0.05) is 13.1 Å². The van der Waals surface area contributed by atoms with E-state index in [1.54, 1.807) is 19.2 Å². The molecule has 1 heterocycles. The lowest BCUT2D eigenvalue weighted by Crippen LogP contribution is -2.00. The first-order valence-electron chi connectivity index (χ1n) is 3.79. The molecule has 0 aliphatic rings. The van der Waals surface area contributed by atoms with Crippen LogP contribution < -0.4 is 0 Å². The molecule has 0 saturated heterocycles. The first-order chi connectivity index (χ1) is 6.45. The molecule has 0 unspecified atom stereocenters. The van der Waals surface area contributed by atoms with Crippen LogP contribution in [0, 0.1) is 6.92 Å². The Kier molecular flexibility index (Phi) is 4.91. The average Bonchev–Trinajstić information content (AvgIpc) is 2.03. The third-order valence-corrected chi connectivity index (χ3v) is 1.24. The van der Waals surface area contributed by atoms with E-state index in [1.807, 2.05) is 0 Å². The second kappa shape index (κ2) is 5.69. The van der Waals surface area contributed by atoms with Gasteiger partial charge in [0.05, 0.1) is 11.3 Å². The fraction of sp³-hybridized carbons (Fsp3) is 0.222. The summed E-state index contributed by atoms with van der Waals surface area (Å²) < 4.78 is 0. The Morgan fingerprint density at radius 1 is 1.36 bits per heavy atom. The molecule has 0 spiro atoms. The van der Waals surface area contributed by atoms with Crippen molar-refractivity contribution >= 4 is 11.9 Å². The van der Waals surface area contributed by atoms with Crippen molar-refractivity contribution in [1.82, 2.24) is 4.98 Å². The Hall–Kier alpha value is -1.91. The molecule has 0 bridgehead atoms. The smallest absolute Gasteiger partial charge is 0.337 e. The van der Waals surface area contributed by atoms with Gasteiger partial charge in [0.15, 0.2) is 0 Å². The van der Waals surface area contributed by atoms with E-state index in [-0.39, 0.29) is 5.56 Å². The molecule has 1 rings (SSSR count). The Labute approximate surface area is 81.0 Å². The number of aromatic nitrogens is 1. The molecule has 1 aromatic heterocycles. The van der Waals surface area contributed by atoms with Gasteiger partial charge in [0.25, 0.3) is 5.97 Å². The first-order valence-corrected chi connectivity index (χ1v) is 3.79. The SMILES string of the molecule is CC(=O)O.Cc1ncccc1C(=O)O. The van der Waals surface area contributed by atoms with Crippen molar-refractivity contribution in [3.63, 3.8) is 0 Å². The lowest BCUT2D eigenvalue weighted by Gasteiger charge is -1.95. The molecule has 0 aliphatic heterocycles. The summed E-state index contributed by atoms with van der Waals surface area (Å²) in [6, 6.07) is 3.14. The number of hydrogen-bond acceptors (Lipinski definition) is 3. The van der Waals surface area contributed by atoms with Crippen LogP contribution in [0.2, 0.25) is 0 Å². The number of rotatable bonds is 1. The van der Waals surface area contributed by atoms with Crippen molar-refractivity contribution in [3.05, 3.63) is 29.6 Å². The molecule has 0 radical (unpaired) electrons. The molecule has 14 heavy (non-hydrogen) atoms. The molecule has 2 N–H and O–H groups in total. The Morgan fingerprint density at radius 3 is 2.14 bits per heavy atom. The summed E-state index contributed by atoms with van der Waals surface area (Å²) in [7, 11) is 0. The molecule has 0 aliphatic carbocycles. The third-order valence-electron chi connectivity index (χ3n) is 1.24. The molecule has 76 valence electrons. The highest BCUT2D eigenvalue weighted by Crippen LogP contribution is 2.01. The second-order valence-electron chi connectivity index (χ2n) is 2.46. The molecule has 5 heteroatoms. The van der Waals surface area contributed by atoms with Gasteiger partial charge in [-0.1, -0.05) is 0 Å². The highest BCUT2D eigenvalue weighted by Gasteiger charge is 2.04. The van der Waals surface area contributed by atoms with E-state index >= 15 is 0 Å². The number of carboxylic acid groups (broad SMARTS) is 2. The van der Waals surface area contributed by atoms with E-state index < -0.39 is 11.9 Å². The number of aryl methyl sites for hydroxylation is 1. The quantitative estimate of drug-likeness (QED) is 0.705. The molecule has 0 saturated carbocycles. The van der Waals surface area contributed by atoms with Crippen molar-refractivity contribution in [1.29, 1.82) is 0 Å². The molecule has 0 fully saturated rings. The number of nitrogens with zero attached hydrogens (tertiary/aromatic N) is 1. The van der Waals surface area contributed by atoms with Gasteiger partial charge in [-0.2, -0.15) is 0 Å². The predicted molar refractivity (Wildman–Crippen MR) is 49.2 cm³/mol. The maximum absolute atomic E-state index is 10.4. The zero-order chi connectivity index (χ0) is 11.1. The minimum absolute atomic E-state index is 0.266. The van der Waals surface area contributed by atoms with Crippen LogP contribution in [0.25, 0.3) is 0 Å². The zero-order valence-corrected chi connectivity index (χ0v) is 7.89. The second-order valence-corrected chi connectivity index (χ2v) is 2.46. The number of carboxylic acids is 2. The number of hydrogen-bond donors (Lipinski definition) is 2. The summed E-state index contributed by atoms with van der Waals surface area (Å²) in [5.74, 6) is -1.76. The van der Waals surface area contributed by atoms with Crippen molar-refractivity contribution in [2.75, 3.05) is 0 Å². The number of carbonyl (C=O) groups is 2. The number of aliphatic carboxylic acids is 1. The fourth-order valence-electron chi connectivity index (χ4n) is 0.710. The molecule has 5 nitrogen and oxygen atoms in total. The van der Waals surface area contributed by atoms with Crippen molar-refractivity contribution in [2.24, 2.45) is 0 Å². The maximum atomic E-state index is 10.4.